The number of nitriles is 1. The molecule has 0 saturated carbocycles. The van der Waals surface area contributed by atoms with Crippen molar-refractivity contribution in [2.24, 2.45) is 5.10 Å². The molecular weight excluding hydrogens is 326 g/mol. The van der Waals surface area contributed by atoms with Gasteiger partial charge in [-0.15, -0.1) is 0 Å². The third kappa shape index (κ3) is 4.27. The number of carboxylic acids is 2. The van der Waals surface area contributed by atoms with Gasteiger partial charge in [0.1, 0.15) is 6.07 Å². The number of aromatic carboxylic acids is 2. The number of rotatable bonds is 6. The Labute approximate surface area is 141 Å². The second-order valence-electron chi connectivity index (χ2n) is 4.79. The smallest absolute Gasteiger partial charge is 0.335 e. The highest BCUT2D eigenvalue weighted by atomic mass is 16.4. The molecule has 2 aromatic rings. The number of nitrogens with one attached hydrogen (secondary N) is 1. The molecule has 0 atom stereocenters. The van der Waals surface area contributed by atoms with Gasteiger partial charge in [0.05, 0.1) is 16.8 Å². The van der Waals surface area contributed by atoms with Gasteiger partial charge in [0, 0.05) is 5.56 Å². The van der Waals surface area contributed by atoms with Crippen molar-refractivity contribution >= 4 is 29.1 Å². The van der Waals surface area contributed by atoms with Gasteiger partial charge in [-0.3, -0.25) is 10.2 Å². The van der Waals surface area contributed by atoms with Crippen LogP contribution in [0.25, 0.3) is 0 Å². The maximum Gasteiger partial charge on any atom is 0.335 e. The normalized spacial score (nSPS) is 10.6. The Balaban J connectivity index is 2.33. The van der Waals surface area contributed by atoms with E-state index in [9.17, 15) is 14.4 Å². The molecule has 0 radical (unpaired) electrons. The van der Waals surface area contributed by atoms with Gasteiger partial charge in [0.15, 0.2) is 0 Å². The molecule has 8 nitrogen and oxygen atoms in total. The summed E-state index contributed by atoms with van der Waals surface area (Å²) in [5.41, 5.74) is 1.63. The molecule has 2 rings (SSSR count). The first kappa shape index (κ1) is 17.4. The van der Waals surface area contributed by atoms with Crippen molar-refractivity contribution in [2.45, 2.75) is 0 Å². The summed E-state index contributed by atoms with van der Waals surface area (Å²) in [6.45, 7) is 0. The standard InChI is InChI=1S/C17H11N3O5/c18-9-14(15(21)10-4-2-1-3-5-10)20-19-13-7-11(16(22)23)6-12(8-13)17(24)25/h1-8,19H,(H,22,23)(H,24,25)/b20-14-. The molecule has 0 aliphatic heterocycles. The second kappa shape index (κ2) is 7.52. The van der Waals surface area contributed by atoms with Crippen molar-refractivity contribution in [3.8, 4) is 6.07 Å². The minimum Gasteiger partial charge on any atom is -0.478 e. The quantitative estimate of drug-likeness (QED) is 0.417. The molecule has 0 saturated heterocycles. The predicted molar refractivity (Wildman–Crippen MR) is 87.8 cm³/mol. The first-order valence-electron chi connectivity index (χ1n) is 6.87. The van der Waals surface area contributed by atoms with Gasteiger partial charge in [-0.2, -0.15) is 10.4 Å². The average molecular weight is 337 g/mol. The molecule has 0 aliphatic rings. The molecule has 25 heavy (non-hydrogen) atoms. The van der Waals surface area contributed by atoms with Crippen LogP contribution in [0.15, 0.2) is 53.6 Å². The van der Waals surface area contributed by atoms with Crippen LogP contribution in [0.5, 0.6) is 0 Å². The summed E-state index contributed by atoms with van der Waals surface area (Å²) >= 11 is 0. The zero-order chi connectivity index (χ0) is 18.4. The average Bonchev–Trinajstić information content (AvgIpc) is 2.62. The molecule has 0 fully saturated rings. The van der Waals surface area contributed by atoms with Crippen LogP contribution < -0.4 is 5.43 Å². The number of carbonyl (C=O) groups excluding carboxylic acids is 1. The van der Waals surface area contributed by atoms with E-state index in [-0.39, 0.29) is 22.4 Å². The van der Waals surface area contributed by atoms with Crippen LogP contribution in [-0.2, 0) is 0 Å². The van der Waals surface area contributed by atoms with E-state index in [4.69, 9.17) is 15.5 Å². The summed E-state index contributed by atoms with van der Waals surface area (Å²) in [5.74, 6) is -3.27. The molecule has 3 N–H and O–H groups in total. The van der Waals surface area contributed by atoms with Crippen LogP contribution in [-0.4, -0.2) is 33.6 Å². The Morgan fingerprint density at radius 1 is 0.920 bits per heavy atom. The lowest BCUT2D eigenvalue weighted by Crippen LogP contribution is -2.14. The number of carbonyl (C=O) groups is 3. The van der Waals surface area contributed by atoms with Gasteiger partial charge in [-0.25, -0.2) is 9.59 Å². The molecule has 0 aliphatic carbocycles. The Bertz CT molecular complexity index is 881. The van der Waals surface area contributed by atoms with Gasteiger partial charge in [0.2, 0.25) is 11.5 Å². The zero-order valence-electron chi connectivity index (χ0n) is 12.6. The maximum atomic E-state index is 12.2. The molecule has 0 heterocycles. The Morgan fingerprint density at radius 2 is 1.48 bits per heavy atom. The van der Waals surface area contributed by atoms with E-state index >= 15 is 0 Å². The Kier molecular flexibility index (Phi) is 5.22. The van der Waals surface area contributed by atoms with E-state index in [2.05, 4.69) is 10.5 Å². The molecule has 0 unspecified atom stereocenters. The minimum absolute atomic E-state index is 0.0194. The summed E-state index contributed by atoms with van der Waals surface area (Å²) in [7, 11) is 0. The highest BCUT2D eigenvalue weighted by Gasteiger charge is 2.15. The summed E-state index contributed by atoms with van der Waals surface area (Å²) in [5, 5.41) is 30.8. The van der Waals surface area contributed by atoms with E-state index in [1.165, 1.54) is 12.1 Å². The lowest BCUT2D eigenvalue weighted by Gasteiger charge is -2.05. The van der Waals surface area contributed by atoms with Crippen molar-refractivity contribution in [2.75, 3.05) is 5.43 Å². The van der Waals surface area contributed by atoms with Crippen molar-refractivity contribution in [1.29, 1.82) is 5.26 Å². The first-order valence-corrected chi connectivity index (χ1v) is 6.87. The molecular formula is C17H11N3O5. The molecule has 0 aromatic heterocycles. The third-order valence-electron chi connectivity index (χ3n) is 3.08. The number of nitrogens with zero attached hydrogens (tertiary/aromatic N) is 2. The molecule has 0 bridgehead atoms. The number of benzene rings is 2. The number of carboxylic acid groups (broad SMARTS) is 2. The molecule has 2 aromatic carbocycles. The van der Waals surface area contributed by atoms with Crippen molar-refractivity contribution in [3.05, 3.63) is 65.2 Å². The van der Waals surface area contributed by atoms with E-state index in [1.807, 2.05) is 0 Å². The number of anilines is 1. The fourth-order valence-electron chi connectivity index (χ4n) is 1.91. The number of hydrazone groups is 1. The molecule has 8 heteroatoms. The topological polar surface area (TPSA) is 140 Å². The van der Waals surface area contributed by atoms with Crippen LogP contribution in [0, 0.1) is 11.3 Å². The molecule has 0 spiro atoms. The number of hydrogen-bond donors (Lipinski definition) is 3. The van der Waals surface area contributed by atoms with Gasteiger partial charge in [-0.1, -0.05) is 30.3 Å². The van der Waals surface area contributed by atoms with Gasteiger partial charge >= 0.3 is 11.9 Å². The fourth-order valence-corrected chi connectivity index (χ4v) is 1.91. The van der Waals surface area contributed by atoms with Crippen LogP contribution in [0.2, 0.25) is 0 Å². The first-order chi connectivity index (χ1) is 11.9. The van der Waals surface area contributed by atoms with Crippen molar-refractivity contribution in [3.63, 3.8) is 0 Å². The highest BCUT2D eigenvalue weighted by Crippen LogP contribution is 2.16. The highest BCUT2D eigenvalue weighted by molar-refractivity contribution is 6.51. The minimum atomic E-state index is -1.32. The maximum absolute atomic E-state index is 12.2. The molecule has 124 valence electrons. The van der Waals surface area contributed by atoms with Crippen LogP contribution >= 0.6 is 0 Å². The van der Waals surface area contributed by atoms with Crippen LogP contribution in [0.1, 0.15) is 31.1 Å². The second-order valence-corrected chi connectivity index (χ2v) is 4.79. The third-order valence-corrected chi connectivity index (χ3v) is 3.08. The van der Waals surface area contributed by atoms with Gasteiger partial charge < -0.3 is 10.2 Å². The Hall–Kier alpha value is -3.99. The van der Waals surface area contributed by atoms with Crippen molar-refractivity contribution < 1.29 is 24.6 Å². The van der Waals surface area contributed by atoms with E-state index in [0.29, 0.717) is 0 Å². The summed E-state index contributed by atoms with van der Waals surface area (Å²) < 4.78 is 0. The lowest BCUT2D eigenvalue weighted by molar-refractivity contribution is 0.0696. The van der Waals surface area contributed by atoms with Crippen LogP contribution in [0.4, 0.5) is 5.69 Å². The van der Waals surface area contributed by atoms with E-state index in [0.717, 1.165) is 18.2 Å². The van der Waals surface area contributed by atoms with Crippen molar-refractivity contribution in [1.82, 2.24) is 0 Å². The van der Waals surface area contributed by atoms with Crippen LogP contribution in [0.3, 0.4) is 0 Å². The van der Waals surface area contributed by atoms with Gasteiger partial charge in [0.25, 0.3) is 0 Å². The Morgan fingerprint density at radius 3 is 1.96 bits per heavy atom. The molecule has 0 amide bonds. The zero-order valence-corrected chi connectivity index (χ0v) is 12.6. The summed E-state index contributed by atoms with van der Waals surface area (Å²) in [6, 6.07) is 12.9. The monoisotopic (exact) mass is 337 g/mol. The summed E-state index contributed by atoms with van der Waals surface area (Å²) in [6.07, 6.45) is 0. The SMILES string of the molecule is N#C/C(=N/Nc1cc(C(=O)O)cc(C(=O)O)c1)C(=O)c1ccccc1. The van der Waals surface area contributed by atoms with Gasteiger partial charge in [-0.05, 0) is 18.2 Å². The van der Waals surface area contributed by atoms with E-state index in [1.54, 1.807) is 24.3 Å². The fraction of sp³-hybridized carbons (Fsp3) is 0. The number of hydrogen-bond acceptors (Lipinski definition) is 6. The lowest BCUT2D eigenvalue weighted by atomic mass is 10.1. The van der Waals surface area contributed by atoms with E-state index < -0.39 is 23.4 Å². The predicted octanol–water partition coefficient (Wildman–Crippen LogP) is 2.26. The summed E-state index contributed by atoms with van der Waals surface area (Å²) in [4.78, 5) is 34.3. The largest absolute Gasteiger partial charge is 0.478 e. The number of Topliss-reactive ketones (excluding diaryl/α,β-unsaturated/α-hetero) is 1. The number of ketones is 1.